The number of rotatable bonds is 7. The van der Waals surface area contributed by atoms with E-state index in [4.69, 9.17) is 9.47 Å². The summed E-state index contributed by atoms with van der Waals surface area (Å²) in [4.78, 5) is 32.1. The Hall–Kier alpha value is -4.13. The Morgan fingerprint density at radius 1 is 1.09 bits per heavy atom. The summed E-state index contributed by atoms with van der Waals surface area (Å²) in [6.07, 6.45) is 3.29. The van der Waals surface area contributed by atoms with Gasteiger partial charge in [0.15, 0.2) is 0 Å². The van der Waals surface area contributed by atoms with Crippen molar-refractivity contribution >= 4 is 17.4 Å². The summed E-state index contributed by atoms with van der Waals surface area (Å²) in [6.45, 7) is 4.28. The van der Waals surface area contributed by atoms with E-state index in [9.17, 15) is 14.7 Å². The number of aryl methyl sites for hydroxylation is 1. The number of benzene rings is 2. The molecule has 0 saturated carbocycles. The van der Waals surface area contributed by atoms with Crippen LogP contribution in [-0.4, -0.2) is 40.4 Å². The van der Waals surface area contributed by atoms with Crippen molar-refractivity contribution in [3.05, 3.63) is 94.8 Å². The highest BCUT2D eigenvalue weighted by atomic mass is 16.5. The third kappa shape index (κ3) is 4.24. The average molecular weight is 459 g/mol. The number of aliphatic hydroxyl groups excluding tert-OH is 1. The molecule has 174 valence electrons. The molecule has 2 heterocycles. The van der Waals surface area contributed by atoms with Gasteiger partial charge in [0.05, 0.1) is 25.3 Å². The number of carbonyl (C=O) groups is 2. The van der Waals surface area contributed by atoms with Crippen LogP contribution in [0.5, 0.6) is 11.5 Å². The van der Waals surface area contributed by atoms with Crippen LogP contribution >= 0.6 is 0 Å². The van der Waals surface area contributed by atoms with Crippen LogP contribution in [-0.2, 0) is 16.1 Å². The van der Waals surface area contributed by atoms with Crippen LogP contribution in [0.2, 0.25) is 0 Å². The van der Waals surface area contributed by atoms with E-state index >= 15 is 0 Å². The number of ether oxygens (including phenoxy) is 2. The first-order valence-corrected chi connectivity index (χ1v) is 11.0. The lowest BCUT2D eigenvalue weighted by molar-refractivity contribution is -0.140. The number of ketones is 1. The Labute approximate surface area is 198 Å². The smallest absolute Gasteiger partial charge is 0.295 e. The highest BCUT2D eigenvalue weighted by Gasteiger charge is 2.47. The van der Waals surface area contributed by atoms with E-state index in [2.05, 4.69) is 4.98 Å². The summed E-state index contributed by atoms with van der Waals surface area (Å²) in [6, 6.07) is 15.2. The van der Waals surface area contributed by atoms with Crippen molar-refractivity contribution in [1.29, 1.82) is 0 Å². The van der Waals surface area contributed by atoms with Gasteiger partial charge in [-0.1, -0.05) is 24.3 Å². The van der Waals surface area contributed by atoms with Gasteiger partial charge >= 0.3 is 0 Å². The summed E-state index contributed by atoms with van der Waals surface area (Å²) < 4.78 is 11.1. The maximum Gasteiger partial charge on any atom is 0.295 e. The van der Waals surface area contributed by atoms with E-state index < -0.39 is 17.7 Å². The van der Waals surface area contributed by atoms with Crippen LogP contribution < -0.4 is 9.47 Å². The van der Waals surface area contributed by atoms with Gasteiger partial charge < -0.3 is 19.5 Å². The summed E-state index contributed by atoms with van der Waals surface area (Å²) in [5, 5.41) is 11.3. The van der Waals surface area contributed by atoms with Crippen molar-refractivity contribution in [3.63, 3.8) is 0 Å². The van der Waals surface area contributed by atoms with Crippen LogP contribution in [0.4, 0.5) is 0 Å². The van der Waals surface area contributed by atoms with Gasteiger partial charge in [-0.3, -0.25) is 14.6 Å². The van der Waals surface area contributed by atoms with Gasteiger partial charge in [-0.05, 0) is 55.3 Å². The molecular weight excluding hydrogens is 432 g/mol. The molecule has 0 aliphatic carbocycles. The molecule has 0 bridgehead atoms. The van der Waals surface area contributed by atoms with E-state index in [1.54, 1.807) is 49.8 Å². The second-order valence-corrected chi connectivity index (χ2v) is 7.94. The van der Waals surface area contributed by atoms with E-state index in [0.29, 0.717) is 29.2 Å². The number of hydrogen-bond donors (Lipinski definition) is 1. The van der Waals surface area contributed by atoms with Crippen LogP contribution in [0.1, 0.15) is 35.2 Å². The van der Waals surface area contributed by atoms with Crippen LogP contribution in [0.25, 0.3) is 5.76 Å². The van der Waals surface area contributed by atoms with Crippen molar-refractivity contribution < 1.29 is 24.2 Å². The number of aliphatic hydroxyl groups is 1. The molecule has 0 radical (unpaired) electrons. The Balaban J connectivity index is 1.90. The molecule has 0 unspecified atom stereocenters. The lowest BCUT2D eigenvalue weighted by Crippen LogP contribution is -2.29. The minimum Gasteiger partial charge on any atom is -0.507 e. The normalized spacial score (nSPS) is 17.1. The number of likely N-dealkylation sites (tertiary alicyclic amines) is 1. The highest BCUT2D eigenvalue weighted by Crippen LogP contribution is 2.43. The molecule has 1 aliphatic heterocycles. The molecule has 1 amide bonds. The standard InChI is InChI=1S/C27H26N2O5/c1-4-34-22-10-6-5-9-20(22)24-23(25(30)19-11-12-21(33-3)17(2)14-19)26(31)27(32)29(24)16-18-8-7-13-28-15-18/h5-15,24,30H,4,16H2,1-3H3/b25-23+/t24-/m0/s1. The topological polar surface area (TPSA) is 89.0 Å². The average Bonchev–Trinajstić information content (AvgIpc) is 3.09. The number of pyridine rings is 1. The molecule has 7 nitrogen and oxygen atoms in total. The number of methoxy groups -OCH3 is 1. The van der Waals surface area contributed by atoms with Gasteiger partial charge in [-0.15, -0.1) is 0 Å². The summed E-state index contributed by atoms with van der Waals surface area (Å²) in [5.41, 5.74) is 2.63. The molecule has 7 heteroatoms. The van der Waals surface area contributed by atoms with Crippen molar-refractivity contribution in [2.24, 2.45) is 0 Å². The predicted molar refractivity (Wildman–Crippen MR) is 127 cm³/mol. The lowest BCUT2D eigenvalue weighted by Gasteiger charge is -2.27. The number of Topliss-reactive ketones (excluding diaryl/α,β-unsaturated/α-hetero) is 1. The van der Waals surface area contributed by atoms with Gasteiger partial charge in [0.2, 0.25) is 0 Å². The van der Waals surface area contributed by atoms with Crippen LogP contribution in [0.3, 0.4) is 0 Å². The number of aromatic nitrogens is 1. The molecule has 1 saturated heterocycles. The fourth-order valence-electron chi connectivity index (χ4n) is 4.23. The van der Waals surface area contributed by atoms with Gasteiger partial charge in [-0.25, -0.2) is 0 Å². The third-order valence-corrected chi connectivity index (χ3v) is 5.80. The largest absolute Gasteiger partial charge is 0.507 e. The van der Waals surface area contributed by atoms with Crippen molar-refractivity contribution in [2.45, 2.75) is 26.4 Å². The second kappa shape index (κ2) is 9.79. The number of carbonyl (C=O) groups excluding carboxylic acids is 2. The fraction of sp³-hybridized carbons (Fsp3) is 0.222. The maximum atomic E-state index is 13.3. The number of nitrogens with zero attached hydrogens (tertiary/aromatic N) is 2. The molecule has 1 atom stereocenters. The molecular formula is C27H26N2O5. The Morgan fingerprint density at radius 3 is 2.56 bits per heavy atom. The summed E-state index contributed by atoms with van der Waals surface area (Å²) in [5.74, 6) is -0.469. The van der Waals surface area contributed by atoms with Gasteiger partial charge in [0.1, 0.15) is 17.3 Å². The van der Waals surface area contributed by atoms with Crippen LogP contribution in [0, 0.1) is 6.92 Å². The zero-order valence-corrected chi connectivity index (χ0v) is 19.3. The first kappa shape index (κ1) is 23.0. The molecule has 4 rings (SSSR count). The highest BCUT2D eigenvalue weighted by molar-refractivity contribution is 6.46. The van der Waals surface area contributed by atoms with Crippen LogP contribution in [0.15, 0.2) is 72.6 Å². The molecule has 1 aromatic heterocycles. The van der Waals surface area contributed by atoms with E-state index in [0.717, 1.165) is 11.1 Å². The van der Waals surface area contributed by atoms with Gasteiger partial charge in [0.25, 0.3) is 11.7 Å². The molecule has 1 N–H and O–H groups in total. The Bertz CT molecular complexity index is 1250. The van der Waals surface area contributed by atoms with Gasteiger partial charge in [-0.2, -0.15) is 0 Å². The molecule has 34 heavy (non-hydrogen) atoms. The predicted octanol–water partition coefficient (Wildman–Crippen LogP) is 4.42. The van der Waals surface area contributed by atoms with Gasteiger partial charge in [0, 0.05) is 30.1 Å². The molecule has 0 spiro atoms. The number of hydrogen-bond acceptors (Lipinski definition) is 6. The monoisotopic (exact) mass is 458 g/mol. The first-order valence-electron chi connectivity index (χ1n) is 11.0. The van der Waals surface area contributed by atoms with E-state index in [1.807, 2.05) is 38.1 Å². The van der Waals surface area contributed by atoms with E-state index in [1.165, 1.54) is 4.90 Å². The zero-order chi connectivity index (χ0) is 24.2. The zero-order valence-electron chi connectivity index (χ0n) is 19.3. The van der Waals surface area contributed by atoms with E-state index in [-0.39, 0.29) is 17.9 Å². The Morgan fingerprint density at radius 2 is 1.88 bits per heavy atom. The van der Waals surface area contributed by atoms with Crippen molar-refractivity contribution in [1.82, 2.24) is 9.88 Å². The first-order chi connectivity index (χ1) is 16.5. The number of para-hydroxylation sites is 1. The molecule has 2 aromatic carbocycles. The minimum atomic E-state index is -0.828. The SMILES string of the molecule is CCOc1ccccc1[C@H]1/C(=C(\O)c2ccc(OC)c(C)c2)C(=O)C(=O)N1Cc1cccnc1. The van der Waals surface area contributed by atoms with Crippen molar-refractivity contribution in [3.8, 4) is 11.5 Å². The molecule has 3 aromatic rings. The van der Waals surface area contributed by atoms with Crippen molar-refractivity contribution in [2.75, 3.05) is 13.7 Å². The fourth-order valence-corrected chi connectivity index (χ4v) is 4.23. The number of amides is 1. The minimum absolute atomic E-state index is 0.0191. The summed E-state index contributed by atoms with van der Waals surface area (Å²) in [7, 11) is 1.57. The quantitative estimate of drug-likeness (QED) is 0.320. The summed E-state index contributed by atoms with van der Waals surface area (Å²) >= 11 is 0. The molecule has 1 fully saturated rings. The second-order valence-electron chi connectivity index (χ2n) is 7.94. The maximum absolute atomic E-state index is 13.3. The molecule has 1 aliphatic rings. The third-order valence-electron chi connectivity index (χ3n) is 5.80. The Kier molecular flexibility index (Phi) is 6.63. The lowest BCUT2D eigenvalue weighted by atomic mass is 9.94.